The predicted molar refractivity (Wildman–Crippen MR) is 51.5 cm³/mol. The van der Waals surface area contributed by atoms with E-state index in [1.165, 1.54) is 0 Å². The number of allylic oxidation sites excluding steroid dienone is 2. The topological polar surface area (TPSA) is 34.1 Å². The maximum Gasteiger partial charge on any atom is 0.158 e. The van der Waals surface area contributed by atoms with Crippen LogP contribution in [0.25, 0.3) is 0 Å². The van der Waals surface area contributed by atoms with Crippen molar-refractivity contribution in [3.8, 4) is 0 Å². The van der Waals surface area contributed by atoms with Crippen LogP contribution in [-0.2, 0) is 9.59 Å². The Balaban J connectivity index is 2.30. The molecular weight excluding hydrogens is 164 g/mol. The summed E-state index contributed by atoms with van der Waals surface area (Å²) in [7, 11) is 0. The minimum absolute atomic E-state index is 0.317. The second kappa shape index (κ2) is 5.68. The Morgan fingerprint density at radius 1 is 1.15 bits per heavy atom. The van der Waals surface area contributed by atoms with Crippen LogP contribution in [0.4, 0.5) is 0 Å². The third kappa shape index (κ3) is 3.53. The van der Waals surface area contributed by atoms with E-state index in [1.807, 2.05) is 6.08 Å². The van der Waals surface area contributed by atoms with Gasteiger partial charge in [0.05, 0.1) is 0 Å². The molecule has 0 aromatic rings. The SMILES string of the molecule is O=CCCC/C=C1/CCCCC1=O. The van der Waals surface area contributed by atoms with Crippen molar-refractivity contribution in [2.75, 3.05) is 0 Å². The van der Waals surface area contributed by atoms with Gasteiger partial charge in [-0.15, -0.1) is 0 Å². The van der Waals surface area contributed by atoms with Gasteiger partial charge in [0.1, 0.15) is 6.29 Å². The van der Waals surface area contributed by atoms with Crippen molar-refractivity contribution >= 4 is 12.1 Å². The van der Waals surface area contributed by atoms with E-state index in [4.69, 9.17) is 0 Å². The van der Waals surface area contributed by atoms with Gasteiger partial charge in [-0.2, -0.15) is 0 Å². The number of rotatable bonds is 4. The summed E-state index contributed by atoms with van der Waals surface area (Å²) in [6.45, 7) is 0. The molecule has 2 nitrogen and oxygen atoms in total. The average molecular weight is 180 g/mol. The zero-order valence-electron chi connectivity index (χ0n) is 7.92. The summed E-state index contributed by atoms with van der Waals surface area (Å²) >= 11 is 0. The Labute approximate surface area is 79.0 Å². The molecule has 1 saturated carbocycles. The summed E-state index contributed by atoms with van der Waals surface area (Å²) in [5.74, 6) is 0.317. The van der Waals surface area contributed by atoms with E-state index in [0.29, 0.717) is 12.2 Å². The van der Waals surface area contributed by atoms with E-state index in [1.54, 1.807) is 0 Å². The molecule has 72 valence electrons. The van der Waals surface area contributed by atoms with Crippen LogP contribution in [0.1, 0.15) is 44.9 Å². The normalized spacial score (nSPS) is 20.6. The van der Waals surface area contributed by atoms with Gasteiger partial charge in [-0.1, -0.05) is 6.08 Å². The van der Waals surface area contributed by atoms with Gasteiger partial charge >= 0.3 is 0 Å². The Kier molecular flexibility index (Phi) is 4.44. The second-order valence-electron chi connectivity index (χ2n) is 3.46. The zero-order valence-corrected chi connectivity index (χ0v) is 7.92. The maximum atomic E-state index is 11.3. The largest absolute Gasteiger partial charge is 0.303 e. The van der Waals surface area contributed by atoms with Crippen molar-refractivity contribution in [2.45, 2.75) is 44.9 Å². The Hall–Kier alpha value is -0.920. The third-order valence-electron chi connectivity index (χ3n) is 2.37. The summed E-state index contributed by atoms with van der Waals surface area (Å²) in [5.41, 5.74) is 0.997. The lowest BCUT2D eigenvalue weighted by atomic mass is 9.92. The van der Waals surface area contributed by atoms with E-state index in [9.17, 15) is 9.59 Å². The molecule has 0 atom stereocenters. The molecule has 0 unspecified atom stereocenters. The molecule has 1 fully saturated rings. The number of carbonyl (C=O) groups excluding carboxylic acids is 2. The van der Waals surface area contributed by atoms with Gasteiger partial charge in [0.2, 0.25) is 0 Å². The summed E-state index contributed by atoms with van der Waals surface area (Å²) < 4.78 is 0. The summed E-state index contributed by atoms with van der Waals surface area (Å²) in [6, 6.07) is 0. The number of unbranched alkanes of at least 4 members (excludes halogenated alkanes) is 2. The first-order valence-electron chi connectivity index (χ1n) is 5.00. The van der Waals surface area contributed by atoms with Gasteiger partial charge in [0.15, 0.2) is 5.78 Å². The molecule has 13 heavy (non-hydrogen) atoms. The summed E-state index contributed by atoms with van der Waals surface area (Å²) in [4.78, 5) is 21.4. The maximum absolute atomic E-state index is 11.3. The fourth-order valence-electron chi connectivity index (χ4n) is 1.59. The van der Waals surface area contributed by atoms with Crippen LogP contribution in [0.3, 0.4) is 0 Å². The Bertz CT molecular complexity index is 216. The van der Waals surface area contributed by atoms with Crippen molar-refractivity contribution in [3.05, 3.63) is 11.6 Å². The molecule has 0 aromatic heterocycles. The van der Waals surface area contributed by atoms with Crippen LogP contribution < -0.4 is 0 Å². The first kappa shape index (κ1) is 10.2. The number of aldehydes is 1. The predicted octanol–water partition coefficient (Wildman–Crippen LogP) is 2.43. The Morgan fingerprint density at radius 2 is 1.92 bits per heavy atom. The molecule has 2 heteroatoms. The van der Waals surface area contributed by atoms with Crippen molar-refractivity contribution < 1.29 is 9.59 Å². The van der Waals surface area contributed by atoms with Crippen LogP contribution in [0.2, 0.25) is 0 Å². The molecule has 0 amide bonds. The van der Waals surface area contributed by atoms with E-state index >= 15 is 0 Å². The van der Waals surface area contributed by atoms with Crippen molar-refractivity contribution in [1.29, 1.82) is 0 Å². The lowest BCUT2D eigenvalue weighted by Gasteiger charge is -2.11. The number of hydrogen-bond donors (Lipinski definition) is 0. The highest BCUT2D eigenvalue weighted by Gasteiger charge is 2.13. The second-order valence-corrected chi connectivity index (χ2v) is 3.46. The smallest absolute Gasteiger partial charge is 0.158 e. The highest BCUT2D eigenvalue weighted by Crippen LogP contribution is 2.20. The van der Waals surface area contributed by atoms with Gasteiger partial charge < -0.3 is 4.79 Å². The first-order valence-corrected chi connectivity index (χ1v) is 5.00. The highest BCUT2D eigenvalue weighted by molar-refractivity contribution is 5.95. The van der Waals surface area contributed by atoms with Crippen molar-refractivity contribution in [2.24, 2.45) is 0 Å². The van der Waals surface area contributed by atoms with Gasteiger partial charge in [0.25, 0.3) is 0 Å². The highest BCUT2D eigenvalue weighted by atomic mass is 16.1. The lowest BCUT2D eigenvalue weighted by molar-refractivity contribution is -0.116. The molecule has 1 aliphatic rings. The number of carbonyl (C=O) groups is 2. The zero-order chi connectivity index (χ0) is 9.52. The molecule has 0 spiro atoms. The van der Waals surface area contributed by atoms with Crippen LogP contribution in [0.15, 0.2) is 11.6 Å². The van der Waals surface area contributed by atoms with Gasteiger partial charge in [-0.05, 0) is 37.7 Å². The molecule has 0 radical (unpaired) electrons. The van der Waals surface area contributed by atoms with Crippen molar-refractivity contribution in [1.82, 2.24) is 0 Å². The van der Waals surface area contributed by atoms with Gasteiger partial charge in [-0.3, -0.25) is 4.79 Å². The monoisotopic (exact) mass is 180 g/mol. The van der Waals surface area contributed by atoms with Crippen molar-refractivity contribution in [3.63, 3.8) is 0 Å². The van der Waals surface area contributed by atoms with Crippen LogP contribution in [-0.4, -0.2) is 12.1 Å². The van der Waals surface area contributed by atoms with Crippen LogP contribution in [0.5, 0.6) is 0 Å². The lowest BCUT2D eigenvalue weighted by Crippen LogP contribution is -2.08. The fourth-order valence-corrected chi connectivity index (χ4v) is 1.59. The first-order chi connectivity index (χ1) is 6.34. The third-order valence-corrected chi connectivity index (χ3v) is 2.37. The van der Waals surface area contributed by atoms with E-state index in [0.717, 1.165) is 50.4 Å². The summed E-state index contributed by atoms with van der Waals surface area (Å²) in [6.07, 6.45) is 9.17. The molecule has 0 aromatic carbocycles. The molecule has 1 aliphatic carbocycles. The fraction of sp³-hybridized carbons (Fsp3) is 0.636. The van der Waals surface area contributed by atoms with Gasteiger partial charge in [0, 0.05) is 12.8 Å². The molecule has 0 aliphatic heterocycles. The standard InChI is InChI=1S/C11H16O2/c12-9-5-1-2-6-10-7-3-4-8-11(10)13/h6,9H,1-5,7-8H2/b10-6-. The Morgan fingerprint density at radius 3 is 2.62 bits per heavy atom. The minimum Gasteiger partial charge on any atom is -0.303 e. The minimum atomic E-state index is 0.317. The van der Waals surface area contributed by atoms with E-state index in [-0.39, 0.29) is 0 Å². The molecule has 1 rings (SSSR count). The van der Waals surface area contributed by atoms with Gasteiger partial charge in [-0.25, -0.2) is 0 Å². The molecular formula is C11H16O2. The molecule has 0 heterocycles. The van der Waals surface area contributed by atoms with Crippen LogP contribution >= 0.6 is 0 Å². The molecule has 0 bridgehead atoms. The molecule has 0 saturated heterocycles. The quantitative estimate of drug-likeness (QED) is 0.378. The number of ketones is 1. The van der Waals surface area contributed by atoms with Crippen LogP contribution in [0, 0.1) is 0 Å². The molecule has 0 N–H and O–H groups in total. The average Bonchev–Trinajstić information content (AvgIpc) is 2.15. The number of Topliss-reactive ketones (excluding diaryl/α,β-unsaturated/α-hetero) is 1. The number of hydrogen-bond acceptors (Lipinski definition) is 2. The summed E-state index contributed by atoms with van der Waals surface area (Å²) in [5, 5.41) is 0. The van der Waals surface area contributed by atoms with E-state index in [2.05, 4.69) is 0 Å². The van der Waals surface area contributed by atoms with E-state index < -0.39 is 0 Å².